The highest BCUT2D eigenvalue weighted by Gasteiger charge is 2.25. The number of aryl methyl sites for hydroxylation is 1. The molecule has 0 saturated carbocycles. The molecule has 0 N–H and O–H groups in total. The first-order chi connectivity index (χ1) is 10.1. The number of anilines is 1. The molecule has 2 aliphatic rings. The van der Waals surface area contributed by atoms with Crippen LogP contribution in [0.2, 0.25) is 0 Å². The van der Waals surface area contributed by atoms with Crippen LogP contribution in [0.4, 0.5) is 5.82 Å². The molecule has 0 spiro atoms. The number of rotatable bonds is 2. The molecular weight excluding hydrogens is 264 g/mol. The third-order valence-electron chi connectivity index (χ3n) is 4.56. The molecule has 0 aromatic carbocycles. The van der Waals surface area contributed by atoms with E-state index in [4.69, 9.17) is 0 Å². The smallest absolute Gasteiger partial charge is 0.219 e. The Kier molecular flexibility index (Phi) is 4.08. The van der Waals surface area contributed by atoms with Crippen molar-refractivity contribution >= 4 is 11.7 Å². The summed E-state index contributed by atoms with van der Waals surface area (Å²) in [6.45, 7) is 7.50. The van der Waals surface area contributed by atoms with Crippen molar-refractivity contribution in [1.82, 2.24) is 14.9 Å². The van der Waals surface area contributed by atoms with Gasteiger partial charge in [0.05, 0.1) is 5.69 Å². The summed E-state index contributed by atoms with van der Waals surface area (Å²) in [6.07, 6.45) is 4.67. The van der Waals surface area contributed by atoms with E-state index in [2.05, 4.69) is 20.9 Å². The third-order valence-corrected chi connectivity index (χ3v) is 4.56. The molecule has 3 rings (SSSR count). The minimum absolute atomic E-state index is 0.172. The number of aromatic nitrogens is 2. The molecule has 2 fully saturated rings. The molecule has 0 radical (unpaired) electrons. The Hall–Kier alpha value is -1.65. The van der Waals surface area contributed by atoms with Crippen molar-refractivity contribution < 1.29 is 4.79 Å². The van der Waals surface area contributed by atoms with Gasteiger partial charge in [-0.05, 0) is 32.6 Å². The number of amides is 1. The summed E-state index contributed by atoms with van der Waals surface area (Å²) >= 11 is 0. The zero-order valence-electron chi connectivity index (χ0n) is 13.0. The Morgan fingerprint density at radius 2 is 1.95 bits per heavy atom. The molecule has 2 saturated heterocycles. The van der Waals surface area contributed by atoms with E-state index in [1.807, 2.05) is 11.8 Å². The number of piperidine rings is 1. The number of hydrogen-bond acceptors (Lipinski definition) is 4. The van der Waals surface area contributed by atoms with Gasteiger partial charge in [-0.15, -0.1) is 0 Å². The lowest BCUT2D eigenvalue weighted by Gasteiger charge is -2.32. The number of nitrogens with zero attached hydrogens (tertiary/aromatic N) is 4. The van der Waals surface area contributed by atoms with E-state index in [-0.39, 0.29) is 5.91 Å². The topological polar surface area (TPSA) is 49.3 Å². The van der Waals surface area contributed by atoms with Gasteiger partial charge in [-0.2, -0.15) is 0 Å². The molecule has 1 atom stereocenters. The normalized spacial score (nSPS) is 22.7. The first-order valence-corrected chi connectivity index (χ1v) is 7.99. The Balaban J connectivity index is 1.82. The van der Waals surface area contributed by atoms with E-state index in [1.54, 1.807) is 6.92 Å². The van der Waals surface area contributed by atoms with Gasteiger partial charge in [0.15, 0.2) is 0 Å². The van der Waals surface area contributed by atoms with Gasteiger partial charge >= 0.3 is 0 Å². The summed E-state index contributed by atoms with van der Waals surface area (Å²) < 4.78 is 0. The monoisotopic (exact) mass is 288 g/mol. The Morgan fingerprint density at radius 3 is 2.67 bits per heavy atom. The molecule has 5 heteroatoms. The summed E-state index contributed by atoms with van der Waals surface area (Å²) in [5.41, 5.74) is 1.11. The molecule has 1 aromatic heterocycles. The summed E-state index contributed by atoms with van der Waals surface area (Å²) in [5, 5.41) is 0. The van der Waals surface area contributed by atoms with Crippen LogP contribution in [0, 0.1) is 6.92 Å². The second-order valence-electron chi connectivity index (χ2n) is 6.20. The van der Waals surface area contributed by atoms with Crippen LogP contribution < -0.4 is 4.90 Å². The van der Waals surface area contributed by atoms with Gasteiger partial charge in [0, 0.05) is 45.1 Å². The second kappa shape index (κ2) is 6.00. The van der Waals surface area contributed by atoms with Gasteiger partial charge in [-0.1, -0.05) is 0 Å². The highest BCUT2D eigenvalue weighted by Crippen LogP contribution is 2.28. The lowest BCUT2D eigenvalue weighted by molar-refractivity contribution is -0.130. The van der Waals surface area contributed by atoms with Crippen molar-refractivity contribution in [3.8, 4) is 0 Å². The van der Waals surface area contributed by atoms with Crippen LogP contribution in [0.3, 0.4) is 0 Å². The number of carbonyl (C=O) groups is 1. The summed E-state index contributed by atoms with van der Waals surface area (Å²) in [7, 11) is 0. The number of likely N-dealkylation sites (tertiary alicyclic amines) is 1. The summed E-state index contributed by atoms with van der Waals surface area (Å²) in [5.74, 6) is 2.43. The van der Waals surface area contributed by atoms with Gasteiger partial charge in [-0.3, -0.25) is 4.79 Å². The van der Waals surface area contributed by atoms with Gasteiger partial charge < -0.3 is 9.80 Å². The standard InChI is InChI=1S/C16H24N4O/c1-12-17-15(10-16(18-12)19-7-3-4-8-19)14-6-5-9-20(11-14)13(2)21/h10,14H,3-9,11H2,1-2H3. The van der Waals surface area contributed by atoms with Crippen LogP contribution >= 0.6 is 0 Å². The second-order valence-corrected chi connectivity index (χ2v) is 6.20. The Labute approximate surface area is 126 Å². The van der Waals surface area contributed by atoms with E-state index in [0.717, 1.165) is 56.4 Å². The van der Waals surface area contributed by atoms with E-state index >= 15 is 0 Å². The zero-order chi connectivity index (χ0) is 14.8. The van der Waals surface area contributed by atoms with Crippen LogP contribution in [0.15, 0.2) is 6.07 Å². The average molecular weight is 288 g/mol. The fourth-order valence-electron chi connectivity index (χ4n) is 3.40. The predicted molar refractivity (Wildman–Crippen MR) is 82.4 cm³/mol. The van der Waals surface area contributed by atoms with Crippen molar-refractivity contribution in [3.05, 3.63) is 17.6 Å². The molecule has 0 bridgehead atoms. The van der Waals surface area contributed by atoms with Gasteiger partial charge in [-0.25, -0.2) is 9.97 Å². The maximum absolute atomic E-state index is 11.6. The van der Waals surface area contributed by atoms with Crippen molar-refractivity contribution in [3.63, 3.8) is 0 Å². The van der Waals surface area contributed by atoms with Crippen LogP contribution in [-0.4, -0.2) is 47.0 Å². The van der Waals surface area contributed by atoms with Crippen LogP contribution in [0.25, 0.3) is 0 Å². The van der Waals surface area contributed by atoms with Crippen molar-refractivity contribution in [1.29, 1.82) is 0 Å². The van der Waals surface area contributed by atoms with Crippen LogP contribution in [0.1, 0.15) is 50.0 Å². The minimum Gasteiger partial charge on any atom is -0.357 e. The van der Waals surface area contributed by atoms with Crippen molar-refractivity contribution in [2.24, 2.45) is 0 Å². The quantitative estimate of drug-likeness (QED) is 0.836. The zero-order valence-corrected chi connectivity index (χ0v) is 13.0. The lowest BCUT2D eigenvalue weighted by atomic mass is 9.94. The molecule has 5 nitrogen and oxygen atoms in total. The SMILES string of the molecule is CC(=O)N1CCCC(c2cc(N3CCCC3)nc(C)n2)C1. The molecule has 1 aromatic rings. The molecule has 3 heterocycles. The van der Waals surface area contributed by atoms with Gasteiger partial charge in [0.25, 0.3) is 0 Å². The Morgan fingerprint density at radius 1 is 1.19 bits per heavy atom. The highest BCUT2D eigenvalue weighted by molar-refractivity contribution is 5.73. The largest absolute Gasteiger partial charge is 0.357 e. The molecule has 2 aliphatic heterocycles. The molecular formula is C16H24N4O. The molecule has 0 aliphatic carbocycles. The first kappa shape index (κ1) is 14.3. The fraction of sp³-hybridized carbons (Fsp3) is 0.688. The molecule has 21 heavy (non-hydrogen) atoms. The van der Waals surface area contributed by atoms with E-state index < -0.39 is 0 Å². The third kappa shape index (κ3) is 3.17. The average Bonchev–Trinajstić information content (AvgIpc) is 3.01. The highest BCUT2D eigenvalue weighted by atomic mass is 16.2. The number of carbonyl (C=O) groups excluding carboxylic acids is 1. The summed E-state index contributed by atoms with van der Waals surface area (Å²) in [4.78, 5) is 25.1. The van der Waals surface area contributed by atoms with Crippen molar-refractivity contribution in [2.75, 3.05) is 31.1 Å². The maximum atomic E-state index is 11.6. The lowest BCUT2D eigenvalue weighted by Crippen LogP contribution is -2.38. The van der Waals surface area contributed by atoms with E-state index in [0.29, 0.717) is 5.92 Å². The van der Waals surface area contributed by atoms with Crippen molar-refractivity contribution in [2.45, 2.75) is 45.4 Å². The first-order valence-electron chi connectivity index (χ1n) is 7.99. The van der Waals surface area contributed by atoms with Crippen LogP contribution in [-0.2, 0) is 4.79 Å². The van der Waals surface area contributed by atoms with E-state index in [9.17, 15) is 4.79 Å². The van der Waals surface area contributed by atoms with Crippen LogP contribution in [0.5, 0.6) is 0 Å². The maximum Gasteiger partial charge on any atom is 0.219 e. The minimum atomic E-state index is 0.172. The van der Waals surface area contributed by atoms with E-state index in [1.165, 1.54) is 12.8 Å². The number of hydrogen-bond donors (Lipinski definition) is 0. The molecule has 1 unspecified atom stereocenters. The summed E-state index contributed by atoms with van der Waals surface area (Å²) in [6, 6.07) is 2.15. The van der Waals surface area contributed by atoms with Gasteiger partial charge in [0.2, 0.25) is 5.91 Å². The molecule has 114 valence electrons. The Bertz CT molecular complexity index is 525. The fourth-order valence-corrected chi connectivity index (χ4v) is 3.40. The predicted octanol–water partition coefficient (Wildman–Crippen LogP) is 2.11. The molecule has 1 amide bonds. The van der Waals surface area contributed by atoms with Gasteiger partial charge in [0.1, 0.15) is 11.6 Å².